The van der Waals surface area contributed by atoms with E-state index in [1.165, 1.54) is 41.7 Å². The second kappa shape index (κ2) is 10.6. The molecule has 1 N–H and O–H groups in total. The SMILES string of the molecule is COc1ccc(C(=O)OCC(=O)NCCc2ccc(F)cc2)cc1S(=O)(=O)N1CCCC1. The predicted octanol–water partition coefficient (Wildman–Crippen LogP) is 2.13. The molecule has 0 aromatic heterocycles. The number of nitrogens with one attached hydrogen (secondary N) is 1. The number of methoxy groups -OCH3 is 1. The fraction of sp³-hybridized carbons (Fsp3) is 0.364. The third-order valence-electron chi connectivity index (χ3n) is 5.07. The van der Waals surface area contributed by atoms with Gasteiger partial charge in [0.1, 0.15) is 16.5 Å². The van der Waals surface area contributed by atoms with E-state index in [1.54, 1.807) is 12.1 Å². The van der Waals surface area contributed by atoms with Gasteiger partial charge in [0, 0.05) is 19.6 Å². The Morgan fingerprint density at radius 3 is 2.44 bits per heavy atom. The number of benzene rings is 2. The van der Waals surface area contributed by atoms with Gasteiger partial charge in [-0.3, -0.25) is 4.79 Å². The van der Waals surface area contributed by atoms with Gasteiger partial charge in [0.2, 0.25) is 10.0 Å². The lowest BCUT2D eigenvalue weighted by Crippen LogP contribution is -2.30. The molecule has 0 aliphatic carbocycles. The largest absolute Gasteiger partial charge is 0.495 e. The zero-order valence-electron chi connectivity index (χ0n) is 17.7. The monoisotopic (exact) mass is 464 g/mol. The van der Waals surface area contributed by atoms with E-state index in [-0.39, 0.29) is 22.0 Å². The van der Waals surface area contributed by atoms with Crippen LogP contribution in [-0.2, 0) is 26.0 Å². The van der Waals surface area contributed by atoms with Crippen molar-refractivity contribution in [2.75, 3.05) is 33.4 Å². The molecule has 1 amide bonds. The van der Waals surface area contributed by atoms with E-state index in [9.17, 15) is 22.4 Å². The third kappa shape index (κ3) is 5.83. The van der Waals surface area contributed by atoms with Crippen LogP contribution >= 0.6 is 0 Å². The van der Waals surface area contributed by atoms with E-state index in [0.29, 0.717) is 26.1 Å². The fourth-order valence-electron chi connectivity index (χ4n) is 3.34. The molecule has 1 saturated heterocycles. The topological polar surface area (TPSA) is 102 Å². The highest BCUT2D eigenvalue weighted by molar-refractivity contribution is 7.89. The van der Waals surface area contributed by atoms with Crippen LogP contribution in [-0.4, -0.2) is 58.0 Å². The molecule has 1 aliphatic heterocycles. The molecule has 3 rings (SSSR count). The summed E-state index contributed by atoms with van der Waals surface area (Å²) in [4.78, 5) is 24.2. The van der Waals surface area contributed by atoms with Gasteiger partial charge < -0.3 is 14.8 Å². The molecule has 0 spiro atoms. The fourth-order valence-corrected chi connectivity index (χ4v) is 5.03. The van der Waals surface area contributed by atoms with Crippen LogP contribution in [0.25, 0.3) is 0 Å². The van der Waals surface area contributed by atoms with Crippen molar-refractivity contribution < 1.29 is 31.9 Å². The number of nitrogens with zero attached hydrogens (tertiary/aromatic N) is 1. The molecule has 2 aromatic rings. The Balaban J connectivity index is 1.57. The maximum atomic E-state index is 12.9. The van der Waals surface area contributed by atoms with Gasteiger partial charge >= 0.3 is 5.97 Å². The molecule has 0 bridgehead atoms. The summed E-state index contributed by atoms with van der Waals surface area (Å²) in [5.41, 5.74) is 0.858. The van der Waals surface area contributed by atoms with Crippen molar-refractivity contribution in [3.05, 3.63) is 59.4 Å². The Morgan fingerprint density at radius 2 is 1.78 bits per heavy atom. The van der Waals surface area contributed by atoms with Crippen LogP contribution in [0.2, 0.25) is 0 Å². The van der Waals surface area contributed by atoms with Crippen molar-refractivity contribution in [3.63, 3.8) is 0 Å². The average Bonchev–Trinajstić information content (AvgIpc) is 3.34. The van der Waals surface area contributed by atoms with Crippen LogP contribution in [0, 0.1) is 5.82 Å². The molecular weight excluding hydrogens is 439 g/mol. The molecular formula is C22H25FN2O6S. The molecule has 10 heteroatoms. The number of carbonyl (C=O) groups is 2. The molecule has 1 fully saturated rings. The van der Waals surface area contributed by atoms with Gasteiger partial charge in [-0.05, 0) is 55.2 Å². The molecule has 0 unspecified atom stereocenters. The molecule has 0 radical (unpaired) electrons. The third-order valence-corrected chi connectivity index (χ3v) is 6.99. The zero-order chi connectivity index (χ0) is 23.1. The van der Waals surface area contributed by atoms with Crippen molar-refractivity contribution in [1.82, 2.24) is 9.62 Å². The maximum absolute atomic E-state index is 12.9. The number of hydrogen-bond donors (Lipinski definition) is 1. The number of rotatable bonds is 9. The standard InChI is InChI=1S/C22H25FN2O6S/c1-30-19-9-6-17(14-20(19)32(28,29)25-12-2-3-13-25)22(27)31-15-21(26)24-11-10-16-4-7-18(23)8-5-16/h4-9,14H,2-3,10-13,15H2,1H3,(H,24,26). The molecule has 2 aromatic carbocycles. The lowest BCUT2D eigenvalue weighted by Gasteiger charge is -2.18. The molecule has 172 valence electrons. The quantitative estimate of drug-likeness (QED) is 0.571. The summed E-state index contributed by atoms with van der Waals surface area (Å²) in [6.45, 7) is 0.613. The van der Waals surface area contributed by atoms with E-state index < -0.39 is 28.5 Å². The normalized spacial score (nSPS) is 14.2. The smallest absolute Gasteiger partial charge is 0.338 e. The predicted molar refractivity (Wildman–Crippen MR) is 114 cm³/mol. The van der Waals surface area contributed by atoms with Gasteiger partial charge in [0.25, 0.3) is 5.91 Å². The van der Waals surface area contributed by atoms with Gasteiger partial charge in [-0.2, -0.15) is 4.31 Å². The molecule has 0 atom stereocenters. The number of amides is 1. The summed E-state index contributed by atoms with van der Waals surface area (Å²) < 4.78 is 50.3. The number of hydrogen-bond acceptors (Lipinski definition) is 6. The summed E-state index contributed by atoms with van der Waals surface area (Å²) in [5.74, 6) is -1.52. The van der Waals surface area contributed by atoms with Crippen LogP contribution in [0.15, 0.2) is 47.4 Å². The lowest BCUT2D eigenvalue weighted by atomic mass is 10.1. The number of carbonyl (C=O) groups excluding carboxylic acids is 2. The summed E-state index contributed by atoms with van der Waals surface area (Å²) in [6.07, 6.45) is 2.05. The van der Waals surface area contributed by atoms with Crippen molar-refractivity contribution in [3.8, 4) is 5.75 Å². The average molecular weight is 465 g/mol. The van der Waals surface area contributed by atoms with Gasteiger partial charge in [-0.15, -0.1) is 0 Å². The molecule has 0 saturated carbocycles. The number of halogens is 1. The summed E-state index contributed by atoms with van der Waals surface area (Å²) in [5, 5.41) is 2.61. The Morgan fingerprint density at radius 1 is 1.09 bits per heavy atom. The summed E-state index contributed by atoms with van der Waals surface area (Å²) in [7, 11) is -2.46. The van der Waals surface area contributed by atoms with Crippen LogP contribution < -0.4 is 10.1 Å². The minimum absolute atomic E-state index is 0.00249. The highest BCUT2D eigenvalue weighted by atomic mass is 32.2. The second-order valence-electron chi connectivity index (χ2n) is 7.28. The first-order valence-corrected chi connectivity index (χ1v) is 11.6. The van der Waals surface area contributed by atoms with Gasteiger partial charge in [-0.25, -0.2) is 17.6 Å². The Kier molecular flexibility index (Phi) is 7.81. The maximum Gasteiger partial charge on any atom is 0.338 e. The number of sulfonamides is 1. The highest BCUT2D eigenvalue weighted by Crippen LogP contribution is 2.30. The second-order valence-corrected chi connectivity index (χ2v) is 9.19. The summed E-state index contributed by atoms with van der Waals surface area (Å²) in [6, 6.07) is 9.91. The van der Waals surface area contributed by atoms with E-state index in [1.807, 2.05) is 0 Å². The lowest BCUT2D eigenvalue weighted by molar-refractivity contribution is -0.124. The highest BCUT2D eigenvalue weighted by Gasteiger charge is 2.30. The van der Waals surface area contributed by atoms with Crippen molar-refractivity contribution in [1.29, 1.82) is 0 Å². The summed E-state index contributed by atoms with van der Waals surface area (Å²) >= 11 is 0. The first kappa shape index (κ1) is 23.7. The number of ether oxygens (including phenoxy) is 2. The van der Waals surface area contributed by atoms with E-state index in [4.69, 9.17) is 9.47 Å². The Bertz CT molecular complexity index is 1070. The van der Waals surface area contributed by atoms with Crippen LogP contribution in [0.3, 0.4) is 0 Å². The van der Waals surface area contributed by atoms with Gasteiger partial charge in [0.15, 0.2) is 6.61 Å². The number of esters is 1. The van der Waals surface area contributed by atoms with Crippen molar-refractivity contribution >= 4 is 21.9 Å². The minimum atomic E-state index is -3.81. The van der Waals surface area contributed by atoms with Crippen LogP contribution in [0.5, 0.6) is 5.75 Å². The minimum Gasteiger partial charge on any atom is -0.495 e. The van der Waals surface area contributed by atoms with Crippen molar-refractivity contribution in [2.24, 2.45) is 0 Å². The zero-order valence-corrected chi connectivity index (χ0v) is 18.5. The molecule has 1 aliphatic rings. The Labute approximate surface area is 186 Å². The molecule has 8 nitrogen and oxygen atoms in total. The van der Waals surface area contributed by atoms with Gasteiger partial charge in [-0.1, -0.05) is 12.1 Å². The Hall–Kier alpha value is -2.98. The van der Waals surface area contributed by atoms with Crippen LogP contribution in [0.1, 0.15) is 28.8 Å². The first-order chi connectivity index (χ1) is 15.3. The van der Waals surface area contributed by atoms with Gasteiger partial charge in [0.05, 0.1) is 12.7 Å². The molecule has 32 heavy (non-hydrogen) atoms. The van der Waals surface area contributed by atoms with E-state index in [0.717, 1.165) is 18.4 Å². The van der Waals surface area contributed by atoms with Crippen molar-refractivity contribution in [2.45, 2.75) is 24.2 Å². The first-order valence-electron chi connectivity index (χ1n) is 10.2. The van der Waals surface area contributed by atoms with E-state index in [2.05, 4.69) is 5.32 Å². The van der Waals surface area contributed by atoms with Crippen LogP contribution in [0.4, 0.5) is 4.39 Å². The van der Waals surface area contributed by atoms with E-state index >= 15 is 0 Å². The molecule has 1 heterocycles.